The van der Waals surface area contributed by atoms with Crippen LogP contribution >= 0.6 is 15.9 Å². The lowest BCUT2D eigenvalue weighted by Gasteiger charge is -2.04. The molecule has 1 aromatic carbocycles. The summed E-state index contributed by atoms with van der Waals surface area (Å²) in [6.45, 7) is 2.84. The van der Waals surface area contributed by atoms with E-state index in [1.807, 2.05) is 6.07 Å². The lowest BCUT2D eigenvalue weighted by atomic mass is 10.1. The Morgan fingerprint density at radius 2 is 2.36 bits per heavy atom. The van der Waals surface area contributed by atoms with Crippen LogP contribution in [0, 0.1) is 0 Å². The monoisotopic (exact) mass is 212 g/mol. The second-order valence-electron chi connectivity index (χ2n) is 2.77. The summed E-state index contributed by atoms with van der Waals surface area (Å²) in [6, 6.07) is 6.22. The van der Waals surface area contributed by atoms with Crippen molar-refractivity contribution in [3.8, 4) is 0 Å². The van der Waals surface area contributed by atoms with Crippen molar-refractivity contribution < 1.29 is 4.74 Å². The summed E-state index contributed by atoms with van der Waals surface area (Å²) >= 11 is 3.51. The number of rotatable bonds is 0. The Kier molecular flexibility index (Phi) is 1.74. The molecule has 0 saturated carbocycles. The van der Waals surface area contributed by atoms with Gasteiger partial charge in [-0.2, -0.15) is 0 Å². The van der Waals surface area contributed by atoms with Gasteiger partial charge in [0.05, 0.1) is 12.7 Å². The quantitative estimate of drug-likeness (QED) is 0.643. The molecule has 0 aliphatic carbocycles. The largest absolute Gasteiger partial charge is 0.369 e. The van der Waals surface area contributed by atoms with E-state index < -0.39 is 0 Å². The van der Waals surface area contributed by atoms with Crippen molar-refractivity contribution in [3.05, 3.63) is 33.8 Å². The van der Waals surface area contributed by atoms with E-state index in [0.717, 1.165) is 6.61 Å². The third-order valence-corrected chi connectivity index (χ3v) is 2.73. The third-order valence-electron chi connectivity index (χ3n) is 2.04. The van der Waals surface area contributed by atoms with Gasteiger partial charge in [0.15, 0.2) is 0 Å². The molecule has 1 unspecified atom stereocenters. The van der Waals surface area contributed by atoms with E-state index >= 15 is 0 Å². The molecule has 11 heavy (non-hydrogen) atoms. The highest BCUT2D eigenvalue weighted by Crippen LogP contribution is 2.35. The van der Waals surface area contributed by atoms with Gasteiger partial charge in [-0.05, 0) is 18.6 Å². The molecule has 1 heterocycles. The minimum Gasteiger partial charge on any atom is -0.369 e. The molecule has 0 fully saturated rings. The minimum absolute atomic E-state index is 0.251. The smallest absolute Gasteiger partial charge is 0.0815 e. The zero-order valence-electron chi connectivity index (χ0n) is 6.30. The van der Waals surface area contributed by atoms with Gasteiger partial charge in [0, 0.05) is 10.0 Å². The topological polar surface area (TPSA) is 9.23 Å². The molecule has 0 radical (unpaired) electrons. The molecular weight excluding hydrogens is 204 g/mol. The number of hydrogen-bond donors (Lipinski definition) is 0. The maximum atomic E-state index is 5.47. The molecule has 1 aliphatic rings. The van der Waals surface area contributed by atoms with Crippen LogP contribution < -0.4 is 0 Å². The van der Waals surface area contributed by atoms with Crippen LogP contribution in [0.1, 0.15) is 24.2 Å². The summed E-state index contributed by atoms with van der Waals surface area (Å²) in [7, 11) is 0. The van der Waals surface area contributed by atoms with Crippen molar-refractivity contribution in [1.82, 2.24) is 0 Å². The minimum atomic E-state index is 0.251. The SMILES string of the molecule is CC1OCc2cccc(Br)c21. The van der Waals surface area contributed by atoms with Gasteiger partial charge in [0.25, 0.3) is 0 Å². The molecule has 2 heteroatoms. The molecule has 1 nitrogen and oxygen atoms in total. The van der Waals surface area contributed by atoms with Crippen LogP contribution in [0.2, 0.25) is 0 Å². The van der Waals surface area contributed by atoms with Gasteiger partial charge in [-0.15, -0.1) is 0 Å². The fourth-order valence-corrected chi connectivity index (χ4v) is 2.19. The molecule has 58 valence electrons. The Morgan fingerprint density at radius 1 is 1.55 bits per heavy atom. The summed E-state index contributed by atoms with van der Waals surface area (Å²) in [4.78, 5) is 0. The van der Waals surface area contributed by atoms with Crippen molar-refractivity contribution in [2.45, 2.75) is 19.6 Å². The zero-order valence-corrected chi connectivity index (χ0v) is 7.89. The average Bonchev–Trinajstić information content (AvgIpc) is 2.34. The maximum absolute atomic E-state index is 5.47. The third kappa shape index (κ3) is 1.10. The van der Waals surface area contributed by atoms with Gasteiger partial charge in [-0.1, -0.05) is 28.1 Å². The number of fused-ring (bicyclic) bond motifs is 1. The van der Waals surface area contributed by atoms with Crippen LogP contribution in [0.3, 0.4) is 0 Å². The lowest BCUT2D eigenvalue weighted by Crippen LogP contribution is -1.88. The van der Waals surface area contributed by atoms with E-state index in [4.69, 9.17) is 4.74 Å². The second-order valence-corrected chi connectivity index (χ2v) is 3.62. The van der Waals surface area contributed by atoms with E-state index in [1.54, 1.807) is 0 Å². The van der Waals surface area contributed by atoms with Crippen molar-refractivity contribution in [1.29, 1.82) is 0 Å². The standard InChI is InChI=1S/C9H9BrO/c1-6-9-7(5-11-6)3-2-4-8(9)10/h2-4,6H,5H2,1H3. The fourth-order valence-electron chi connectivity index (χ4n) is 1.46. The molecule has 0 N–H and O–H groups in total. The first-order valence-electron chi connectivity index (χ1n) is 3.68. The van der Waals surface area contributed by atoms with Crippen LogP contribution in [0.25, 0.3) is 0 Å². The number of halogens is 1. The van der Waals surface area contributed by atoms with Crippen molar-refractivity contribution in [2.24, 2.45) is 0 Å². The molecule has 0 saturated heterocycles. The Hall–Kier alpha value is -0.340. The van der Waals surface area contributed by atoms with E-state index in [1.165, 1.54) is 15.6 Å². The molecule has 0 amide bonds. The average molecular weight is 213 g/mol. The van der Waals surface area contributed by atoms with Gasteiger partial charge in [0.2, 0.25) is 0 Å². The maximum Gasteiger partial charge on any atom is 0.0815 e. The molecule has 0 bridgehead atoms. The Bertz CT molecular complexity index is 283. The molecule has 0 spiro atoms. The summed E-state index contributed by atoms with van der Waals surface area (Å²) in [6.07, 6.45) is 0.251. The van der Waals surface area contributed by atoms with Crippen LogP contribution in [-0.2, 0) is 11.3 Å². The first-order chi connectivity index (χ1) is 5.29. The van der Waals surface area contributed by atoms with Crippen molar-refractivity contribution in [2.75, 3.05) is 0 Å². The Balaban J connectivity index is 2.58. The predicted molar refractivity (Wildman–Crippen MR) is 47.3 cm³/mol. The summed E-state index contributed by atoms with van der Waals surface area (Å²) in [5.74, 6) is 0. The molecule has 1 aliphatic heterocycles. The normalized spacial score (nSPS) is 21.8. The first kappa shape index (κ1) is 7.32. The van der Waals surface area contributed by atoms with E-state index in [-0.39, 0.29) is 6.10 Å². The number of benzene rings is 1. The van der Waals surface area contributed by atoms with Crippen LogP contribution in [0.15, 0.2) is 22.7 Å². The fraction of sp³-hybridized carbons (Fsp3) is 0.333. The Labute approximate surface area is 74.5 Å². The van der Waals surface area contributed by atoms with E-state index in [9.17, 15) is 0 Å². The van der Waals surface area contributed by atoms with E-state index in [0.29, 0.717) is 0 Å². The highest BCUT2D eigenvalue weighted by molar-refractivity contribution is 9.10. The van der Waals surface area contributed by atoms with Gasteiger partial charge >= 0.3 is 0 Å². The lowest BCUT2D eigenvalue weighted by molar-refractivity contribution is 0.0793. The first-order valence-corrected chi connectivity index (χ1v) is 4.47. The van der Waals surface area contributed by atoms with Crippen LogP contribution in [0.5, 0.6) is 0 Å². The summed E-state index contributed by atoms with van der Waals surface area (Å²) in [5, 5.41) is 0. The Morgan fingerprint density at radius 3 is 3.09 bits per heavy atom. The van der Waals surface area contributed by atoms with Crippen LogP contribution in [0.4, 0.5) is 0 Å². The second kappa shape index (κ2) is 2.61. The number of ether oxygens (including phenoxy) is 1. The predicted octanol–water partition coefficient (Wildman–Crippen LogP) is 3.04. The van der Waals surface area contributed by atoms with Gasteiger partial charge in [0.1, 0.15) is 0 Å². The molecule has 1 aromatic rings. The molecular formula is C9H9BrO. The van der Waals surface area contributed by atoms with E-state index in [2.05, 4.69) is 35.0 Å². The van der Waals surface area contributed by atoms with Crippen molar-refractivity contribution >= 4 is 15.9 Å². The van der Waals surface area contributed by atoms with Gasteiger partial charge in [-0.3, -0.25) is 0 Å². The molecule has 0 aromatic heterocycles. The molecule has 1 atom stereocenters. The van der Waals surface area contributed by atoms with Crippen molar-refractivity contribution in [3.63, 3.8) is 0 Å². The van der Waals surface area contributed by atoms with Gasteiger partial charge in [-0.25, -0.2) is 0 Å². The summed E-state index contributed by atoms with van der Waals surface area (Å²) in [5.41, 5.74) is 2.62. The van der Waals surface area contributed by atoms with Crippen LogP contribution in [-0.4, -0.2) is 0 Å². The highest BCUT2D eigenvalue weighted by Gasteiger charge is 2.20. The highest BCUT2D eigenvalue weighted by atomic mass is 79.9. The summed E-state index contributed by atoms with van der Waals surface area (Å²) < 4.78 is 6.64. The molecule has 2 rings (SSSR count). The van der Waals surface area contributed by atoms with Gasteiger partial charge < -0.3 is 4.74 Å². The number of hydrogen-bond acceptors (Lipinski definition) is 1. The zero-order chi connectivity index (χ0) is 7.84.